The first-order valence-corrected chi connectivity index (χ1v) is 8.54. The number of anilines is 1. The summed E-state index contributed by atoms with van der Waals surface area (Å²) in [6.45, 7) is 0. The summed E-state index contributed by atoms with van der Waals surface area (Å²) >= 11 is 0. The fraction of sp³-hybridized carbons (Fsp3) is 0.0667. The van der Waals surface area contributed by atoms with E-state index in [1.165, 1.54) is 54.7 Å². The second-order valence-corrected chi connectivity index (χ2v) is 6.79. The van der Waals surface area contributed by atoms with Gasteiger partial charge in [-0.1, -0.05) is 0 Å². The molecular weight excluding hydrogens is 334 g/mol. The average Bonchev–Trinajstić information content (AvgIpc) is 2.53. The number of pyridine rings is 1. The zero-order valence-corrected chi connectivity index (χ0v) is 13.4. The molecule has 124 valence electrons. The molecule has 0 radical (unpaired) electrons. The predicted molar refractivity (Wildman–Crippen MR) is 88.1 cm³/mol. The molecule has 0 unspecified atom stereocenters. The van der Waals surface area contributed by atoms with Gasteiger partial charge in [0.1, 0.15) is 0 Å². The number of nitrogens with one attached hydrogen (secondary N) is 1. The van der Waals surface area contributed by atoms with Crippen LogP contribution >= 0.6 is 0 Å². The first kappa shape index (κ1) is 17.3. The van der Waals surface area contributed by atoms with Gasteiger partial charge in [-0.2, -0.15) is 0 Å². The molecule has 0 aliphatic heterocycles. The number of sulfone groups is 1. The number of aromatic nitrogens is 1. The quantitative estimate of drug-likeness (QED) is 0.502. The minimum atomic E-state index is -3.39. The maximum absolute atomic E-state index is 11.8. The lowest BCUT2D eigenvalue weighted by atomic mass is 10.2. The molecule has 0 fully saturated rings. The van der Waals surface area contributed by atoms with Gasteiger partial charge in [0.05, 0.1) is 16.8 Å². The molecule has 2 rings (SSSR count). The van der Waals surface area contributed by atoms with Crippen molar-refractivity contribution in [2.24, 2.45) is 0 Å². The van der Waals surface area contributed by atoms with E-state index >= 15 is 0 Å². The molecule has 0 bridgehead atoms. The highest BCUT2D eigenvalue weighted by Crippen LogP contribution is 2.13. The molecule has 0 atom stereocenters. The van der Waals surface area contributed by atoms with Crippen LogP contribution in [0.5, 0.6) is 0 Å². The van der Waals surface area contributed by atoms with Crippen molar-refractivity contribution in [1.82, 2.24) is 4.98 Å². The largest absolute Gasteiger partial charge is 0.321 e. The first-order valence-electron chi connectivity index (χ1n) is 6.65. The zero-order valence-electron chi connectivity index (χ0n) is 12.5. The maximum atomic E-state index is 11.8. The summed E-state index contributed by atoms with van der Waals surface area (Å²) in [5.74, 6) is -0.442. The summed E-state index contributed by atoms with van der Waals surface area (Å²) in [6, 6.07) is 8.44. The number of amides is 1. The number of hydrogen-bond acceptors (Lipinski definition) is 6. The Labute approximate surface area is 137 Å². The van der Waals surface area contributed by atoms with Gasteiger partial charge in [-0.3, -0.25) is 14.9 Å². The summed E-state index contributed by atoms with van der Waals surface area (Å²) < 4.78 is 22.6. The van der Waals surface area contributed by atoms with Gasteiger partial charge in [0.15, 0.2) is 14.9 Å². The standard InChI is InChI=1S/C15H13N3O5S/c1-24(22,23)15-9-5-12(10-16-15)17-14(19)8-4-11-2-6-13(7-3-11)18(20)21/h2-10H,1H3,(H,17,19)/b8-4+. The topological polar surface area (TPSA) is 119 Å². The number of carbonyl (C=O) groups excluding carboxylic acids is 1. The SMILES string of the molecule is CS(=O)(=O)c1ccc(NC(=O)/C=C/c2ccc([N+](=O)[O-])cc2)cn1. The Hall–Kier alpha value is -3.07. The van der Waals surface area contributed by atoms with Crippen LogP contribution in [0.3, 0.4) is 0 Å². The van der Waals surface area contributed by atoms with Gasteiger partial charge in [0.25, 0.3) is 5.69 Å². The summed E-state index contributed by atoms with van der Waals surface area (Å²) in [5.41, 5.74) is 0.940. The Morgan fingerprint density at radius 1 is 1.21 bits per heavy atom. The van der Waals surface area contributed by atoms with E-state index in [9.17, 15) is 23.3 Å². The third-order valence-electron chi connectivity index (χ3n) is 2.91. The molecule has 0 aliphatic carbocycles. The number of nitrogens with zero attached hydrogens (tertiary/aromatic N) is 2. The molecule has 9 heteroatoms. The molecule has 1 heterocycles. The third kappa shape index (κ3) is 4.71. The van der Waals surface area contributed by atoms with Crippen LogP contribution in [0.1, 0.15) is 5.56 Å². The lowest BCUT2D eigenvalue weighted by Gasteiger charge is -2.02. The molecule has 0 spiro atoms. The van der Waals surface area contributed by atoms with E-state index in [4.69, 9.17) is 0 Å². The Morgan fingerprint density at radius 2 is 1.88 bits per heavy atom. The van der Waals surface area contributed by atoms with Crippen molar-refractivity contribution in [3.05, 3.63) is 64.3 Å². The van der Waals surface area contributed by atoms with E-state index in [-0.39, 0.29) is 10.7 Å². The summed E-state index contributed by atoms with van der Waals surface area (Å²) in [6.07, 6.45) is 5.04. The minimum absolute atomic E-state index is 0.0337. The molecule has 8 nitrogen and oxygen atoms in total. The van der Waals surface area contributed by atoms with Crippen molar-refractivity contribution >= 4 is 33.2 Å². The van der Waals surface area contributed by atoms with E-state index in [2.05, 4.69) is 10.3 Å². The predicted octanol–water partition coefficient (Wildman–Crippen LogP) is 2.05. The Bertz CT molecular complexity index is 888. The molecule has 1 N–H and O–H groups in total. The molecule has 0 saturated carbocycles. The van der Waals surface area contributed by atoms with E-state index in [1.807, 2.05) is 0 Å². The van der Waals surface area contributed by atoms with Crippen LogP contribution in [0, 0.1) is 10.1 Å². The van der Waals surface area contributed by atoms with Gasteiger partial charge in [0, 0.05) is 24.5 Å². The number of rotatable bonds is 5. The molecular formula is C15H13N3O5S. The van der Waals surface area contributed by atoms with Crippen molar-refractivity contribution < 1.29 is 18.1 Å². The van der Waals surface area contributed by atoms with E-state index < -0.39 is 20.7 Å². The summed E-state index contributed by atoms with van der Waals surface area (Å²) in [7, 11) is -3.39. The summed E-state index contributed by atoms with van der Waals surface area (Å²) in [4.78, 5) is 25.6. The van der Waals surface area contributed by atoms with Crippen LogP contribution in [0.25, 0.3) is 6.08 Å². The second-order valence-electron chi connectivity index (χ2n) is 4.83. The van der Waals surface area contributed by atoms with Crippen molar-refractivity contribution in [3.63, 3.8) is 0 Å². The summed E-state index contributed by atoms with van der Waals surface area (Å²) in [5, 5.41) is 13.0. The maximum Gasteiger partial charge on any atom is 0.269 e. The van der Waals surface area contributed by atoms with Gasteiger partial charge in [-0.05, 0) is 35.9 Å². The van der Waals surface area contributed by atoms with Crippen molar-refractivity contribution in [2.45, 2.75) is 5.03 Å². The van der Waals surface area contributed by atoms with Crippen molar-refractivity contribution in [3.8, 4) is 0 Å². The number of non-ortho nitro benzene ring substituents is 1. The van der Waals surface area contributed by atoms with Crippen molar-refractivity contribution in [1.29, 1.82) is 0 Å². The van der Waals surface area contributed by atoms with Crippen LogP contribution < -0.4 is 5.32 Å². The number of nitro groups is 1. The molecule has 24 heavy (non-hydrogen) atoms. The van der Waals surface area contributed by atoms with Gasteiger partial charge in [-0.15, -0.1) is 0 Å². The Balaban J connectivity index is 2.01. The third-order valence-corrected chi connectivity index (χ3v) is 3.92. The number of benzene rings is 1. The van der Waals surface area contributed by atoms with Gasteiger partial charge >= 0.3 is 0 Å². The monoisotopic (exact) mass is 347 g/mol. The lowest BCUT2D eigenvalue weighted by molar-refractivity contribution is -0.384. The highest BCUT2D eigenvalue weighted by atomic mass is 32.2. The second kappa shape index (κ2) is 7.01. The fourth-order valence-corrected chi connectivity index (χ4v) is 2.30. The molecule has 1 aromatic carbocycles. The number of nitro benzene ring substituents is 1. The number of hydrogen-bond donors (Lipinski definition) is 1. The van der Waals surface area contributed by atoms with Crippen molar-refractivity contribution in [2.75, 3.05) is 11.6 Å². The highest BCUT2D eigenvalue weighted by Gasteiger charge is 2.08. The molecule has 0 aliphatic rings. The Morgan fingerprint density at radius 3 is 2.38 bits per heavy atom. The molecule has 0 saturated heterocycles. The lowest BCUT2D eigenvalue weighted by Crippen LogP contribution is -2.08. The molecule has 2 aromatic rings. The van der Waals surface area contributed by atoms with Gasteiger partial charge in [-0.25, -0.2) is 13.4 Å². The fourth-order valence-electron chi connectivity index (χ4n) is 1.74. The van der Waals surface area contributed by atoms with Crippen LogP contribution in [0.4, 0.5) is 11.4 Å². The van der Waals surface area contributed by atoms with Crippen LogP contribution in [0.15, 0.2) is 53.7 Å². The normalized spacial score (nSPS) is 11.4. The molecule has 1 aromatic heterocycles. The smallest absolute Gasteiger partial charge is 0.269 e. The van der Waals surface area contributed by atoms with E-state index in [0.29, 0.717) is 11.3 Å². The van der Waals surface area contributed by atoms with Crippen LogP contribution in [-0.2, 0) is 14.6 Å². The van der Waals surface area contributed by atoms with Crippen LogP contribution in [-0.4, -0.2) is 30.5 Å². The highest BCUT2D eigenvalue weighted by molar-refractivity contribution is 7.90. The van der Waals surface area contributed by atoms with Gasteiger partial charge in [0.2, 0.25) is 5.91 Å². The Kier molecular flexibility index (Phi) is 5.05. The minimum Gasteiger partial charge on any atom is -0.321 e. The van der Waals surface area contributed by atoms with E-state index in [0.717, 1.165) is 6.26 Å². The average molecular weight is 347 g/mol. The van der Waals surface area contributed by atoms with Crippen LogP contribution in [0.2, 0.25) is 0 Å². The zero-order chi connectivity index (χ0) is 17.7. The van der Waals surface area contributed by atoms with E-state index in [1.54, 1.807) is 0 Å². The number of carbonyl (C=O) groups is 1. The van der Waals surface area contributed by atoms with Gasteiger partial charge < -0.3 is 5.32 Å². The molecule has 1 amide bonds. The first-order chi connectivity index (χ1) is 11.3.